The van der Waals surface area contributed by atoms with E-state index in [0.717, 1.165) is 36.9 Å². The van der Waals surface area contributed by atoms with E-state index in [2.05, 4.69) is 41.6 Å². The highest BCUT2D eigenvalue weighted by molar-refractivity contribution is 7.09. The van der Waals surface area contributed by atoms with Gasteiger partial charge in [0.15, 0.2) is 0 Å². The summed E-state index contributed by atoms with van der Waals surface area (Å²) in [6, 6.07) is 11.1. The molecular weight excluding hydrogens is 304 g/mol. The van der Waals surface area contributed by atoms with Crippen LogP contribution in [0.2, 0.25) is 0 Å². The van der Waals surface area contributed by atoms with Gasteiger partial charge in [0.2, 0.25) is 0 Å². The topological polar surface area (TPSA) is 36.4 Å². The number of fused-ring (bicyclic) bond motifs is 1. The van der Waals surface area contributed by atoms with E-state index >= 15 is 0 Å². The summed E-state index contributed by atoms with van der Waals surface area (Å²) in [4.78, 5) is 7.28. The lowest BCUT2D eigenvalue weighted by Gasteiger charge is -2.24. The van der Waals surface area contributed by atoms with Gasteiger partial charge in [0, 0.05) is 17.0 Å². The molecule has 4 atom stereocenters. The van der Waals surface area contributed by atoms with Crippen molar-refractivity contribution >= 4 is 11.3 Å². The van der Waals surface area contributed by atoms with Gasteiger partial charge in [-0.2, -0.15) is 0 Å². The zero-order valence-electron chi connectivity index (χ0n) is 13.6. The van der Waals surface area contributed by atoms with Crippen molar-refractivity contribution < 1.29 is 5.11 Å². The Kier molecular flexibility index (Phi) is 4.22. The number of hydrogen-bond acceptors (Lipinski definition) is 4. The third kappa shape index (κ3) is 3.21. The van der Waals surface area contributed by atoms with Crippen LogP contribution in [0.15, 0.2) is 35.7 Å². The Labute approximate surface area is 142 Å². The smallest absolute Gasteiger partial charge is 0.107 e. The van der Waals surface area contributed by atoms with E-state index in [1.54, 1.807) is 11.3 Å². The largest absolute Gasteiger partial charge is 0.393 e. The number of rotatable bonds is 4. The van der Waals surface area contributed by atoms with E-state index in [4.69, 9.17) is 4.98 Å². The van der Waals surface area contributed by atoms with Crippen molar-refractivity contribution in [1.82, 2.24) is 9.88 Å². The Morgan fingerprint density at radius 2 is 1.83 bits per heavy atom. The minimum absolute atomic E-state index is 0.0383. The molecule has 0 radical (unpaired) electrons. The van der Waals surface area contributed by atoms with Crippen molar-refractivity contribution in [1.29, 1.82) is 0 Å². The first-order valence-corrected chi connectivity index (χ1v) is 9.45. The number of hydrogen-bond donors (Lipinski definition) is 1. The Morgan fingerprint density at radius 1 is 1.13 bits per heavy atom. The normalized spacial score (nSPS) is 30.0. The SMILES string of the molecule is CN(Cc1nc(-c2ccccc2)cs1)C1C[C@H]2CC(O)C[C@H]2C1. The third-order valence-corrected chi connectivity index (χ3v) is 6.43. The maximum atomic E-state index is 9.78. The van der Waals surface area contributed by atoms with Crippen molar-refractivity contribution in [3.63, 3.8) is 0 Å². The average Bonchev–Trinajstić information content (AvgIpc) is 3.22. The van der Waals surface area contributed by atoms with Gasteiger partial charge in [-0.15, -0.1) is 11.3 Å². The summed E-state index contributed by atoms with van der Waals surface area (Å²) in [5.41, 5.74) is 2.28. The first-order chi connectivity index (χ1) is 11.2. The van der Waals surface area contributed by atoms with Gasteiger partial charge in [0.25, 0.3) is 0 Å². The van der Waals surface area contributed by atoms with E-state index in [-0.39, 0.29) is 6.10 Å². The second-order valence-electron chi connectivity index (χ2n) is 7.18. The van der Waals surface area contributed by atoms with E-state index in [0.29, 0.717) is 6.04 Å². The Hall–Kier alpha value is -1.23. The molecule has 1 heterocycles. The number of benzene rings is 1. The molecule has 1 N–H and O–H groups in total. The number of aromatic nitrogens is 1. The number of nitrogens with zero attached hydrogens (tertiary/aromatic N) is 2. The lowest BCUT2D eigenvalue weighted by atomic mass is 10.0. The zero-order valence-corrected chi connectivity index (χ0v) is 14.4. The molecule has 2 fully saturated rings. The van der Waals surface area contributed by atoms with E-state index in [1.807, 2.05) is 6.07 Å². The van der Waals surface area contributed by atoms with E-state index in [9.17, 15) is 5.11 Å². The molecule has 1 aromatic carbocycles. The Bertz CT molecular complexity index is 642. The molecule has 2 aliphatic carbocycles. The van der Waals surface area contributed by atoms with Crippen LogP contribution in [-0.2, 0) is 6.54 Å². The monoisotopic (exact) mass is 328 g/mol. The fourth-order valence-corrected chi connectivity index (χ4v) is 5.25. The van der Waals surface area contributed by atoms with Crippen molar-refractivity contribution in [2.75, 3.05) is 7.05 Å². The summed E-state index contributed by atoms with van der Waals surface area (Å²) in [6.07, 6.45) is 4.49. The highest BCUT2D eigenvalue weighted by Gasteiger charge is 2.42. The molecule has 4 rings (SSSR count). The quantitative estimate of drug-likeness (QED) is 0.927. The van der Waals surface area contributed by atoms with Crippen LogP contribution in [0.5, 0.6) is 0 Å². The van der Waals surface area contributed by atoms with Crippen LogP contribution >= 0.6 is 11.3 Å². The number of aliphatic hydroxyl groups excluding tert-OH is 1. The molecule has 2 aromatic rings. The summed E-state index contributed by atoms with van der Waals surface area (Å²) < 4.78 is 0. The highest BCUT2D eigenvalue weighted by Crippen LogP contribution is 2.45. The van der Waals surface area contributed by atoms with Crippen LogP contribution in [0.3, 0.4) is 0 Å². The second-order valence-corrected chi connectivity index (χ2v) is 8.12. The van der Waals surface area contributed by atoms with Gasteiger partial charge in [-0.1, -0.05) is 30.3 Å². The first kappa shape index (κ1) is 15.3. The lowest BCUT2D eigenvalue weighted by Crippen LogP contribution is -2.29. The molecule has 1 aromatic heterocycles. The van der Waals surface area contributed by atoms with Gasteiger partial charge in [-0.25, -0.2) is 4.98 Å². The van der Waals surface area contributed by atoms with E-state index < -0.39 is 0 Å². The minimum atomic E-state index is -0.0383. The molecule has 2 unspecified atom stereocenters. The molecule has 0 spiro atoms. The molecular formula is C19H24N2OS. The molecule has 122 valence electrons. The van der Waals surface area contributed by atoms with Crippen LogP contribution in [-0.4, -0.2) is 34.2 Å². The fourth-order valence-electron chi connectivity index (χ4n) is 4.38. The summed E-state index contributed by atoms with van der Waals surface area (Å²) in [5.74, 6) is 1.49. The van der Waals surface area contributed by atoms with Crippen molar-refractivity contribution in [2.24, 2.45) is 11.8 Å². The zero-order chi connectivity index (χ0) is 15.8. The molecule has 0 aliphatic heterocycles. The van der Waals surface area contributed by atoms with Crippen LogP contribution in [0.25, 0.3) is 11.3 Å². The Balaban J connectivity index is 1.38. The van der Waals surface area contributed by atoms with Crippen LogP contribution in [0, 0.1) is 11.8 Å². The van der Waals surface area contributed by atoms with Gasteiger partial charge in [-0.3, -0.25) is 4.90 Å². The first-order valence-electron chi connectivity index (χ1n) is 8.57. The lowest BCUT2D eigenvalue weighted by molar-refractivity contribution is 0.158. The van der Waals surface area contributed by atoms with Crippen molar-refractivity contribution in [2.45, 2.75) is 44.4 Å². The van der Waals surface area contributed by atoms with Gasteiger partial charge in [0.05, 0.1) is 18.3 Å². The third-order valence-electron chi connectivity index (χ3n) is 5.60. The molecule has 3 nitrogen and oxygen atoms in total. The molecule has 4 heteroatoms. The molecule has 0 saturated heterocycles. The van der Waals surface area contributed by atoms with Gasteiger partial charge < -0.3 is 5.11 Å². The second kappa shape index (κ2) is 6.34. The molecule has 23 heavy (non-hydrogen) atoms. The molecule has 2 aliphatic rings. The summed E-state index contributed by atoms with van der Waals surface area (Å²) in [5, 5.41) is 13.1. The predicted molar refractivity (Wildman–Crippen MR) is 94.3 cm³/mol. The van der Waals surface area contributed by atoms with Crippen LogP contribution in [0.1, 0.15) is 30.7 Å². The molecule has 0 bridgehead atoms. The summed E-state index contributed by atoms with van der Waals surface area (Å²) in [7, 11) is 2.23. The number of thiazole rings is 1. The maximum absolute atomic E-state index is 9.78. The predicted octanol–water partition coefficient (Wildman–Crippen LogP) is 3.79. The Morgan fingerprint density at radius 3 is 2.52 bits per heavy atom. The van der Waals surface area contributed by atoms with Gasteiger partial charge in [0.1, 0.15) is 5.01 Å². The van der Waals surface area contributed by atoms with Crippen molar-refractivity contribution in [3.8, 4) is 11.3 Å². The van der Waals surface area contributed by atoms with Gasteiger partial charge >= 0.3 is 0 Å². The average molecular weight is 328 g/mol. The standard InChI is InChI=1S/C19H24N2OS/c1-21(16-7-14-9-17(22)10-15(14)8-16)11-19-20-18(12-23-19)13-5-3-2-4-6-13/h2-6,12,14-17,22H,7-11H2,1H3/t14-,15+,16?,17?. The van der Waals surface area contributed by atoms with Crippen LogP contribution < -0.4 is 0 Å². The number of aliphatic hydroxyl groups is 1. The molecule has 2 saturated carbocycles. The fraction of sp³-hybridized carbons (Fsp3) is 0.526. The molecule has 0 amide bonds. The van der Waals surface area contributed by atoms with E-state index in [1.165, 1.54) is 23.4 Å². The van der Waals surface area contributed by atoms with Crippen molar-refractivity contribution in [3.05, 3.63) is 40.7 Å². The van der Waals surface area contributed by atoms with Crippen LogP contribution in [0.4, 0.5) is 0 Å². The summed E-state index contributed by atoms with van der Waals surface area (Å²) >= 11 is 1.76. The highest BCUT2D eigenvalue weighted by atomic mass is 32.1. The minimum Gasteiger partial charge on any atom is -0.393 e. The maximum Gasteiger partial charge on any atom is 0.107 e. The van der Waals surface area contributed by atoms with Gasteiger partial charge in [-0.05, 0) is 44.6 Å². The summed E-state index contributed by atoms with van der Waals surface area (Å²) in [6.45, 7) is 0.935.